The summed E-state index contributed by atoms with van der Waals surface area (Å²) in [7, 11) is 0. The smallest absolute Gasteiger partial charge is 0.223 e. The van der Waals surface area contributed by atoms with Gasteiger partial charge in [-0.25, -0.2) is 0 Å². The van der Waals surface area contributed by atoms with Crippen molar-refractivity contribution >= 4 is 5.91 Å². The third-order valence-corrected chi connectivity index (χ3v) is 6.05. The topological polar surface area (TPSA) is 49.6 Å². The van der Waals surface area contributed by atoms with Gasteiger partial charge in [0.2, 0.25) is 5.91 Å². The molecule has 4 nitrogen and oxygen atoms in total. The number of nitrogens with zero attached hydrogens (tertiary/aromatic N) is 2. The molecule has 1 atom stereocenters. The standard InChI is InChI=1S/C17H31N3O/c18-14-17(7-2-1-3-8-17)12-16(21)20-11-6-15(13-20)19-9-4-5-10-19/h15H,1-14,18H2. The molecule has 0 radical (unpaired) electrons. The minimum Gasteiger partial charge on any atom is -0.341 e. The third-order valence-electron chi connectivity index (χ3n) is 6.05. The molecule has 0 bridgehead atoms. The zero-order chi connectivity index (χ0) is 14.7. The summed E-state index contributed by atoms with van der Waals surface area (Å²) in [5, 5.41) is 0. The number of hydrogen-bond donors (Lipinski definition) is 1. The van der Waals surface area contributed by atoms with Gasteiger partial charge in [0.1, 0.15) is 0 Å². The Kier molecular flexibility index (Phi) is 4.85. The quantitative estimate of drug-likeness (QED) is 0.862. The summed E-state index contributed by atoms with van der Waals surface area (Å²) in [4.78, 5) is 17.4. The van der Waals surface area contributed by atoms with Gasteiger partial charge in [-0.05, 0) is 57.2 Å². The fraction of sp³-hybridized carbons (Fsp3) is 0.941. The van der Waals surface area contributed by atoms with E-state index in [4.69, 9.17) is 5.73 Å². The van der Waals surface area contributed by atoms with Gasteiger partial charge in [0.05, 0.1) is 0 Å². The molecule has 1 aliphatic carbocycles. The summed E-state index contributed by atoms with van der Waals surface area (Å²) in [6.07, 6.45) is 10.6. The van der Waals surface area contributed by atoms with Crippen LogP contribution < -0.4 is 5.73 Å². The van der Waals surface area contributed by atoms with Gasteiger partial charge >= 0.3 is 0 Å². The van der Waals surface area contributed by atoms with Gasteiger partial charge in [-0.1, -0.05) is 19.3 Å². The van der Waals surface area contributed by atoms with E-state index in [1.165, 1.54) is 51.6 Å². The van der Waals surface area contributed by atoms with Crippen molar-refractivity contribution in [3.8, 4) is 0 Å². The molecule has 2 aliphatic heterocycles. The van der Waals surface area contributed by atoms with Crippen molar-refractivity contribution < 1.29 is 4.79 Å². The van der Waals surface area contributed by atoms with Gasteiger partial charge in [0, 0.05) is 25.6 Å². The normalized spacial score (nSPS) is 30.0. The molecule has 0 aromatic carbocycles. The highest BCUT2D eigenvalue weighted by Gasteiger charge is 2.37. The summed E-state index contributed by atoms with van der Waals surface area (Å²) >= 11 is 0. The molecule has 1 unspecified atom stereocenters. The lowest BCUT2D eigenvalue weighted by molar-refractivity contribution is -0.133. The summed E-state index contributed by atoms with van der Waals surface area (Å²) < 4.78 is 0. The second-order valence-electron chi connectivity index (χ2n) is 7.47. The molecule has 21 heavy (non-hydrogen) atoms. The molecular formula is C17H31N3O. The maximum absolute atomic E-state index is 12.7. The molecule has 1 saturated carbocycles. The number of nitrogens with two attached hydrogens (primary N) is 1. The summed E-state index contributed by atoms with van der Waals surface area (Å²) in [6, 6.07) is 0.622. The molecule has 2 N–H and O–H groups in total. The fourth-order valence-corrected chi connectivity index (χ4v) is 4.56. The van der Waals surface area contributed by atoms with Crippen LogP contribution in [0.4, 0.5) is 0 Å². The van der Waals surface area contributed by atoms with Crippen LogP contribution in [0.25, 0.3) is 0 Å². The first-order valence-corrected chi connectivity index (χ1v) is 8.94. The van der Waals surface area contributed by atoms with E-state index in [0.717, 1.165) is 25.9 Å². The first-order valence-electron chi connectivity index (χ1n) is 8.94. The number of carbonyl (C=O) groups excluding carboxylic acids is 1. The van der Waals surface area contributed by atoms with Crippen LogP contribution in [0.1, 0.15) is 57.8 Å². The van der Waals surface area contributed by atoms with Crippen LogP contribution in [0.15, 0.2) is 0 Å². The van der Waals surface area contributed by atoms with Crippen molar-refractivity contribution in [1.82, 2.24) is 9.80 Å². The number of carbonyl (C=O) groups is 1. The molecule has 2 heterocycles. The first-order chi connectivity index (χ1) is 10.2. The molecule has 3 aliphatic rings. The molecule has 0 spiro atoms. The Hall–Kier alpha value is -0.610. The van der Waals surface area contributed by atoms with Crippen LogP contribution >= 0.6 is 0 Å². The lowest BCUT2D eigenvalue weighted by Gasteiger charge is -2.37. The van der Waals surface area contributed by atoms with E-state index in [2.05, 4.69) is 9.80 Å². The van der Waals surface area contributed by atoms with Crippen LogP contribution in [0.3, 0.4) is 0 Å². The van der Waals surface area contributed by atoms with E-state index in [-0.39, 0.29) is 5.41 Å². The van der Waals surface area contributed by atoms with Crippen LogP contribution in [0.2, 0.25) is 0 Å². The minimum atomic E-state index is 0.112. The number of rotatable bonds is 4. The van der Waals surface area contributed by atoms with Crippen molar-refractivity contribution in [3.05, 3.63) is 0 Å². The summed E-state index contributed by atoms with van der Waals surface area (Å²) in [5.74, 6) is 0.365. The Labute approximate surface area is 129 Å². The Balaban J connectivity index is 1.53. The second-order valence-corrected chi connectivity index (χ2v) is 7.47. The molecule has 0 aromatic heterocycles. The Morgan fingerprint density at radius 2 is 1.76 bits per heavy atom. The SMILES string of the molecule is NCC1(CC(=O)N2CCC(N3CCCC3)C2)CCCCC1. The average Bonchev–Trinajstić information content (AvgIpc) is 3.19. The molecule has 2 saturated heterocycles. The highest BCUT2D eigenvalue weighted by atomic mass is 16.2. The van der Waals surface area contributed by atoms with E-state index in [1.807, 2.05) is 0 Å². The highest BCUT2D eigenvalue weighted by molar-refractivity contribution is 5.77. The maximum atomic E-state index is 12.7. The lowest BCUT2D eigenvalue weighted by Crippen LogP contribution is -2.41. The Bertz CT molecular complexity index is 359. The van der Waals surface area contributed by atoms with E-state index in [9.17, 15) is 4.79 Å². The predicted molar refractivity (Wildman–Crippen MR) is 85.0 cm³/mol. The van der Waals surface area contributed by atoms with Gasteiger partial charge < -0.3 is 10.6 Å². The second kappa shape index (κ2) is 6.66. The van der Waals surface area contributed by atoms with Gasteiger partial charge in [-0.15, -0.1) is 0 Å². The molecule has 120 valence electrons. The molecule has 3 rings (SSSR count). The maximum Gasteiger partial charge on any atom is 0.223 e. The van der Waals surface area contributed by atoms with E-state index < -0.39 is 0 Å². The van der Waals surface area contributed by atoms with Crippen LogP contribution in [-0.2, 0) is 4.79 Å². The molecule has 1 amide bonds. The summed E-state index contributed by atoms with van der Waals surface area (Å²) in [5.41, 5.74) is 6.15. The third kappa shape index (κ3) is 3.42. The van der Waals surface area contributed by atoms with Gasteiger partial charge in [0.25, 0.3) is 0 Å². The van der Waals surface area contributed by atoms with Crippen molar-refractivity contribution in [2.24, 2.45) is 11.1 Å². The minimum absolute atomic E-state index is 0.112. The highest BCUT2D eigenvalue weighted by Crippen LogP contribution is 2.39. The van der Waals surface area contributed by atoms with Crippen LogP contribution in [0.5, 0.6) is 0 Å². The van der Waals surface area contributed by atoms with Gasteiger partial charge in [-0.2, -0.15) is 0 Å². The molecule has 4 heteroatoms. The zero-order valence-corrected chi connectivity index (χ0v) is 13.4. The van der Waals surface area contributed by atoms with Gasteiger partial charge in [0.15, 0.2) is 0 Å². The van der Waals surface area contributed by atoms with Crippen molar-refractivity contribution in [3.63, 3.8) is 0 Å². The van der Waals surface area contributed by atoms with E-state index in [1.54, 1.807) is 0 Å². The number of likely N-dealkylation sites (tertiary alicyclic amines) is 2. The van der Waals surface area contributed by atoms with E-state index >= 15 is 0 Å². The monoisotopic (exact) mass is 293 g/mol. The van der Waals surface area contributed by atoms with Crippen molar-refractivity contribution in [2.75, 3.05) is 32.7 Å². The predicted octanol–water partition coefficient (Wildman–Crippen LogP) is 1.98. The average molecular weight is 293 g/mol. The van der Waals surface area contributed by atoms with Crippen molar-refractivity contribution in [2.45, 2.75) is 63.8 Å². The van der Waals surface area contributed by atoms with Crippen LogP contribution in [-0.4, -0.2) is 54.5 Å². The summed E-state index contributed by atoms with van der Waals surface area (Å²) in [6.45, 7) is 5.07. The Morgan fingerprint density at radius 1 is 1.05 bits per heavy atom. The zero-order valence-electron chi connectivity index (χ0n) is 13.4. The van der Waals surface area contributed by atoms with Gasteiger partial charge in [-0.3, -0.25) is 9.69 Å². The number of hydrogen-bond acceptors (Lipinski definition) is 3. The first kappa shape index (κ1) is 15.3. The van der Waals surface area contributed by atoms with Crippen LogP contribution in [0, 0.1) is 5.41 Å². The molecule has 0 aromatic rings. The lowest BCUT2D eigenvalue weighted by atomic mass is 9.71. The molecule has 3 fully saturated rings. The Morgan fingerprint density at radius 3 is 2.43 bits per heavy atom. The molecular weight excluding hydrogens is 262 g/mol. The van der Waals surface area contributed by atoms with Crippen molar-refractivity contribution in [1.29, 1.82) is 0 Å². The fourth-order valence-electron chi connectivity index (χ4n) is 4.56. The van der Waals surface area contributed by atoms with E-state index in [0.29, 0.717) is 24.9 Å². The number of amides is 1. The largest absolute Gasteiger partial charge is 0.341 e.